The van der Waals surface area contributed by atoms with Crippen molar-refractivity contribution in [3.8, 4) is 5.82 Å². The number of aryl methyl sites for hydroxylation is 1. The third kappa shape index (κ3) is 3.74. The maximum absolute atomic E-state index is 13.0. The molecule has 3 aromatic heterocycles. The van der Waals surface area contributed by atoms with Crippen molar-refractivity contribution in [3.63, 3.8) is 0 Å². The van der Waals surface area contributed by atoms with Crippen LogP contribution in [0.4, 0.5) is 0 Å². The molecule has 6 heteroatoms. The number of pyridine rings is 2. The molecule has 6 nitrogen and oxygen atoms in total. The third-order valence-electron chi connectivity index (χ3n) is 4.95. The molecule has 1 unspecified atom stereocenters. The number of hydrogen-bond acceptors (Lipinski definition) is 4. The summed E-state index contributed by atoms with van der Waals surface area (Å²) in [6, 6.07) is 17.4. The van der Waals surface area contributed by atoms with Crippen LogP contribution >= 0.6 is 0 Å². The highest BCUT2D eigenvalue weighted by molar-refractivity contribution is 5.97. The lowest BCUT2D eigenvalue weighted by atomic mass is 9.96. The Bertz CT molecular complexity index is 1140. The number of carbonyl (C=O) groups is 1. The number of nitrogens with one attached hydrogen (secondary N) is 1. The van der Waals surface area contributed by atoms with Crippen LogP contribution in [-0.2, 0) is 0 Å². The monoisotopic (exact) mass is 385 g/mol. The minimum atomic E-state index is -0.146. The standard InChI is InChI=1S/C23H23N5O/c1-15(2)21(17-9-5-4-6-10-17)26-23(29)18-13-19-16(3)27-28(22(19)25-14-18)20-11-7-8-12-24-20/h4-15,21H,1-3H3,(H,26,29). The first-order chi connectivity index (χ1) is 14.0. The van der Waals surface area contributed by atoms with Crippen LogP contribution in [-0.4, -0.2) is 25.7 Å². The van der Waals surface area contributed by atoms with Gasteiger partial charge in [0.2, 0.25) is 0 Å². The Kier molecular flexibility index (Phi) is 5.08. The average Bonchev–Trinajstić information content (AvgIpc) is 3.09. The van der Waals surface area contributed by atoms with Gasteiger partial charge in [0, 0.05) is 17.8 Å². The van der Waals surface area contributed by atoms with Crippen molar-refractivity contribution >= 4 is 16.9 Å². The van der Waals surface area contributed by atoms with Gasteiger partial charge in [-0.3, -0.25) is 4.79 Å². The van der Waals surface area contributed by atoms with E-state index in [9.17, 15) is 4.79 Å². The Balaban J connectivity index is 1.66. The van der Waals surface area contributed by atoms with Gasteiger partial charge >= 0.3 is 0 Å². The van der Waals surface area contributed by atoms with Crippen LogP contribution in [0, 0.1) is 12.8 Å². The summed E-state index contributed by atoms with van der Waals surface area (Å²) < 4.78 is 1.70. The van der Waals surface area contributed by atoms with Gasteiger partial charge in [0.05, 0.1) is 17.3 Å². The number of nitrogens with zero attached hydrogens (tertiary/aromatic N) is 4. The smallest absolute Gasteiger partial charge is 0.253 e. The van der Waals surface area contributed by atoms with Crippen LogP contribution in [0.5, 0.6) is 0 Å². The molecule has 1 amide bonds. The summed E-state index contributed by atoms with van der Waals surface area (Å²) in [7, 11) is 0. The van der Waals surface area contributed by atoms with E-state index < -0.39 is 0 Å². The van der Waals surface area contributed by atoms with Crippen molar-refractivity contribution in [1.29, 1.82) is 0 Å². The molecule has 0 radical (unpaired) electrons. The molecule has 0 saturated heterocycles. The predicted octanol–water partition coefficient (Wildman–Crippen LogP) is 4.25. The zero-order chi connectivity index (χ0) is 20.4. The molecule has 0 aliphatic carbocycles. The quantitative estimate of drug-likeness (QED) is 0.557. The van der Waals surface area contributed by atoms with Gasteiger partial charge in [-0.2, -0.15) is 9.78 Å². The molecule has 0 bridgehead atoms. The molecule has 146 valence electrons. The van der Waals surface area contributed by atoms with Crippen molar-refractivity contribution < 1.29 is 4.79 Å². The normalized spacial score (nSPS) is 12.3. The van der Waals surface area contributed by atoms with Crippen LogP contribution in [0.2, 0.25) is 0 Å². The lowest BCUT2D eigenvalue weighted by molar-refractivity contribution is 0.0925. The molecule has 4 rings (SSSR count). The predicted molar refractivity (Wildman–Crippen MR) is 113 cm³/mol. The van der Waals surface area contributed by atoms with Crippen LogP contribution in [0.1, 0.15) is 41.5 Å². The van der Waals surface area contributed by atoms with Gasteiger partial charge in [-0.1, -0.05) is 50.2 Å². The molecule has 1 N–H and O–H groups in total. The Morgan fingerprint density at radius 2 is 1.79 bits per heavy atom. The molecular weight excluding hydrogens is 362 g/mol. The van der Waals surface area contributed by atoms with Gasteiger partial charge in [-0.05, 0) is 36.6 Å². The first kappa shape index (κ1) is 18.8. The molecule has 4 aromatic rings. The second-order valence-electron chi connectivity index (χ2n) is 7.39. The number of rotatable bonds is 5. The third-order valence-corrected chi connectivity index (χ3v) is 4.95. The van der Waals surface area contributed by atoms with Gasteiger partial charge in [0.15, 0.2) is 11.5 Å². The van der Waals surface area contributed by atoms with Crippen molar-refractivity contribution in [2.45, 2.75) is 26.8 Å². The van der Waals surface area contributed by atoms with Crippen LogP contribution < -0.4 is 5.32 Å². The number of benzene rings is 1. The molecule has 1 aromatic carbocycles. The fourth-order valence-corrected chi connectivity index (χ4v) is 3.43. The molecular formula is C23H23N5O. The number of amides is 1. The van der Waals surface area contributed by atoms with Crippen molar-refractivity contribution in [3.05, 3.63) is 83.8 Å². The van der Waals surface area contributed by atoms with Crippen LogP contribution in [0.3, 0.4) is 0 Å². The fourth-order valence-electron chi connectivity index (χ4n) is 3.43. The molecule has 0 saturated carbocycles. The van der Waals surface area contributed by atoms with Gasteiger partial charge in [-0.15, -0.1) is 0 Å². The largest absolute Gasteiger partial charge is 0.345 e. The zero-order valence-corrected chi connectivity index (χ0v) is 16.7. The van der Waals surface area contributed by atoms with Crippen molar-refractivity contribution in [2.75, 3.05) is 0 Å². The number of hydrogen-bond donors (Lipinski definition) is 1. The van der Waals surface area contributed by atoms with E-state index in [4.69, 9.17) is 0 Å². The number of aromatic nitrogens is 4. The van der Waals surface area contributed by atoms with E-state index in [-0.39, 0.29) is 17.9 Å². The van der Waals surface area contributed by atoms with Crippen molar-refractivity contribution in [2.24, 2.45) is 5.92 Å². The van der Waals surface area contributed by atoms with Gasteiger partial charge in [0.1, 0.15) is 0 Å². The summed E-state index contributed by atoms with van der Waals surface area (Å²) in [6.45, 7) is 6.10. The van der Waals surface area contributed by atoms with Crippen LogP contribution in [0.15, 0.2) is 67.0 Å². The molecule has 0 fully saturated rings. The van der Waals surface area contributed by atoms with Gasteiger partial charge in [-0.25, -0.2) is 9.97 Å². The van der Waals surface area contributed by atoms with E-state index in [0.29, 0.717) is 17.0 Å². The van der Waals surface area contributed by atoms with Gasteiger partial charge in [0.25, 0.3) is 5.91 Å². The minimum absolute atomic E-state index is 0.0725. The van der Waals surface area contributed by atoms with E-state index in [1.807, 2.05) is 61.5 Å². The molecule has 0 aliphatic rings. The highest BCUT2D eigenvalue weighted by atomic mass is 16.1. The lowest BCUT2D eigenvalue weighted by Gasteiger charge is -2.23. The maximum Gasteiger partial charge on any atom is 0.253 e. The SMILES string of the molecule is Cc1nn(-c2ccccn2)c2ncc(C(=O)NC(c3ccccc3)C(C)C)cc12. The summed E-state index contributed by atoms with van der Waals surface area (Å²) in [4.78, 5) is 21.8. The average molecular weight is 385 g/mol. The molecule has 1 atom stereocenters. The molecule has 0 spiro atoms. The summed E-state index contributed by atoms with van der Waals surface area (Å²) in [5.41, 5.74) is 3.09. The van der Waals surface area contributed by atoms with E-state index in [2.05, 4.69) is 34.2 Å². The first-order valence-electron chi connectivity index (χ1n) is 9.67. The minimum Gasteiger partial charge on any atom is -0.345 e. The summed E-state index contributed by atoms with van der Waals surface area (Å²) in [5, 5.41) is 8.55. The summed E-state index contributed by atoms with van der Waals surface area (Å²) in [5.74, 6) is 0.804. The second-order valence-corrected chi connectivity index (χ2v) is 7.39. The Hall–Kier alpha value is -3.54. The molecule has 29 heavy (non-hydrogen) atoms. The first-order valence-corrected chi connectivity index (χ1v) is 9.67. The second kappa shape index (κ2) is 7.83. The molecule has 0 aliphatic heterocycles. The Morgan fingerprint density at radius 1 is 1.03 bits per heavy atom. The van der Waals surface area contributed by atoms with Crippen LogP contribution in [0.25, 0.3) is 16.9 Å². The highest BCUT2D eigenvalue weighted by Crippen LogP contribution is 2.23. The molecule has 3 heterocycles. The van der Waals surface area contributed by atoms with E-state index in [1.54, 1.807) is 17.1 Å². The van der Waals surface area contributed by atoms with Gasteiger partial charge < -0.3 is 5.32 Å². The Morgan fingerprint density at radius 3 is 2.48 bits per heavy atom. The topological polar surface area (TPSA) is 72.7 Å². The maximum atomic E-state index is 13.0. The lowest BCUT2D eigenvalue weighted by Crippen LogP contribution is -2.31. The Labute approximate surface area is 169 Å². The van der Waals surface area contributed by atoms with Crippen molar-refractivity contribution in [1.82, 2.24) is 25.1 Å². The number of fused-ring (bicyclic) bond motifs is 1. The number of carbonyl (C=O) groups excluding carboxylic acids is 1. The van der Waals surface area contributed by atoms with E-state index in [0.717, 1.165) is 16.6 Å². The summed E-state index contributed by atoms with van der Waals surface area (Å²) in [6.07, 6.45) is 3.32. The van der Waals surface area contributed by atoms with E-state index in [1.165, 1.54) is 0 Å². The summed E-state index contributed by atoms with van der Waals surface area (Å²) >= 11 is 0. The zero-order valence-electron chi connectivity index (χ0n) is 16.7. The van der Waals surface area contributed by atoms with E-state index >= 15 is 0 Å². The highest BCUT2D eigenvalue weighted by Gasteiger charge is 2.20. The fraction of sp³-hybridized carbons (Fsp3) is 0.217.